The van der Waals surface area contributed by atoms with Crippen molar-refractivity contribution in [1.29, 1.82) is 0 Å². The van der Waals surface area contributed by atoms with Gasteiger partial charge in [-0.1, -0.05) is 25.4 Å². The van der Waals surface area contributed by atoms with E-state index in [9.17, 15) is 5.11 Å². The molecule has 1 saturated heterocycles. The van der Waals surface area contributed by atoms with E-state index >= 15 is 0 Å². The fourth-order valence-electron chi connectivity index (χ4n) is 2.57. The predicted molar refractivity (Wildman–Crippen MR) is 80.8 cm³/mol. The standard InChI is InChI=1S/C15H17ClO2S/c1-14(2)5-6-19-9-15(14,17)13-8-10-7-11(16)3-4-12(10)18-13/h3-4,7-8,17H,5-6,9H2,1-2H3. The summed E-state index contributed by atoms with van der Waals surface area (Å²) in [6, 6.07) is 7.46. The van der Waals surface area contributed by atoms with Crippen LogP contribution in [0.3, 0.4) is 0 Å². The van der Waals surface area contributed by atoms with Crippen molar-refractivity contribution >= 4 is 34.3 Å². The van der Waals surface area contributed by atoms with Crippen molar-refractivity contribution in [2.75, 3.05) is 11.5 Å². The third kappa shape index (κ3) is 2.08. The number of benzene rings is 1. The van der Waals surface area contributed by atoms with Gasteiger partial charge in [0.15, 0.2) is 0 Å². The smallest absolute Gasteiger partial charge is 0.138 e. The van der Waals surface area contributed by atoms with E-state index in [0.29, 0.717) is 16.5 Å². The summed E-state index contributed by atoms with van der Waals surface area (Å²) >= 11 is 7.77. The number of halogens is 1. The van der Waals surface area contributed by atoms with Crippen LogP contribution in [0, 0.1) is 5.41 Å². The quantitative estimate of drug-likeness (QED) is 0.845. The van der Waals surface area contributed by atoms with Crippen LogP contribution in [0.1, 0.15) is 26.0 Å². The number of thioether (sulfide) groups is 1. The van der Waals surface area contributed by atoms with E-state index in [4.69, 9.17) is 16.0 Å². The van der Waals surface area contributed by atoms with Crippen molar-refractivity contribution in [3.8, 4) is 0 Å². The van der Waals surface area contributed by atoms with Crippen LogP contribution in [0.5, 0.6) is 0 Å². The van der Waals surface area contributed by atoms with E-state index in [1.165, 1.54) is 0 Å². The summed E-state index contributed by atoms with van der Waals surface area (Å²) in [6.45, 7) is 4.21. The molecule has 0 amide bonds. The first-order chi connectivity index (χ1) is 8.92. The Kier molecular flexibility index (Phi) is 3.12. The summed E-state index contributed by atoms with van der Waals surface area (Å²) in [7, 11) is 0. The maximum absolute atomic E-state index is 11.1. The summed E-state index contributed by atoms with van der Waals surface area (Å²) in [5.74, 6) is 2.41. The average Bonchev–Trinajstić information content (AvgIpc) is 2.76. The highest BCUT2D eigenvalue weighted by atomic mass is 35.5. The van der Waals surface area contributed by atoms with Crippen molar-refractivity contribution in [3.63, 3.8) is 0 Å². The predicted octanol–water partition coefficient (Wildman–Crippen LogP) is 4.44. The van der Waals surface area contributed by atoms with Crippen LogP contribution in [-0.4, -0.2) is 16.6 Å². The zero-order valence-corrected chi connectivity index (χ0v) is 12.6. The molecule has 1 fully saturated rings. The first-order valence-electron chi connectivity index (χ1n) is 6.42. The molecule has 1 aromatic heterocycles. The van der Waals surface area contributed by atoms with Gasteiger partial charge in [-0.05, 0) is 36.4 Å². The largest absolute Gasteiger partial charge is 0.458 e. The molecule has 0 aliphatic carbocycles. The summed E-state index contributed by atoms with van der Waals surface area (Å²) in [5, 5.41) is 12.7. The molecule has 1 atom stereocenters. The molecule has 1 aromatic carbocycles. The SMILES string of the molecule is CC1(C)CCSCC1(O)c1cc2cc(Cl)ccc2o1. The maximum atomic E-state index is 11.1. The molecule has 0 saturated carbocycles. The van der Waals surface area contributed by atoms with Gasteiger partial charge in [0.2, 0.25) is 0 Å². The second kappa shape index (κ2) is 4.44. The first kappa shape index (κ1) is 13.3. The third-order valence-electron chi connectivity index (χ3n) is 4.19. The Morgan fingerprint density at radius 1 is 1.32 bits per heavy atom. The highest BCUT2D eigenvalue weighted by molar-refractivity contribution is 7.99. The van der Waals surface area contributed by atoms with Crippen molar-refractivity contribution in [3.05, 3.63) is 35.0 Å². The number of furan rings is 1. The lowest BCUT2D eigenvalue weighted by Gasteiger charge is -2.44. The second-order valence-corrected chi connectivity index (χ2v) is 7.38. The minimum Gasteiger partial charge on any atom is -0.458 e. The van der Waals surface area contributed by atoms with Gasteiger partial charge in [-0.2, -0.15) is 11.8 Å². The van der Waals surface area contributed by atoms with E-state index in [-0.39, 0.29) is 5.41 Å². The summed E-state index contributed by atoms with van der Waals surface area (Å²) in [5.41, 5.74) is -0.323. The Morgan fingerprint density at radius 3 is 2.84 bits per heavy atom. The molecule has 1 aliphatic heterocycles. The number of aliphatic hydroxyl groups is 1. The van der Waals surface area contributed by atoms with E-state index < -0.39 is 5.60 Å². The second-order valence-electron chi connectivity index (χ2n) is 5.84. The molecule has 0 radical (unpaired) electrons. The summed E-state index contributed by atoms with van der Waals surface area (Å²) in [6.07, 6.45) is 0.978. The van der Waals surface area contributed by atoms with Gasteiger partial charge in [0.1, 0.15) is 16.9 Å². The summed E-state index contributed by atoms with van der Waals surface area (Å²) in [4.78, 5) is 0. The van der Waals surface area contributed by atoms with E-state index in [1.54, 1.807) is 11.8 Å². The molecule has 2 aromatic rings. The molecule has 2 nitrogen and oxygen atoms in total. The van der Waals surface area contributed by atoms with E-state index in [1.807, 2.05) is 24.3 Å². The van der Waals surface area contributed by atoms with Gasteiger partial charge in [0.05, 0.1) is 0 Å². The lowest BCUT2D eigenvalue weighted by Crippen LogP contribution is -2.47. The van der Waals surface area contributed by atoms with Crippen LogP contribution < -0.4 is 0 Å². The monoisotopic (exact) mass is 296 g/mol. The topological polar surface area (TPSA) is 33.4 Å². The van der Waals surface area contributed by atoms with Crippen LogP contribution in [0.25, 0.3) is 11.0 Å². The van der Waals surface area contributed by atoms with Crippen LogP contribution in [0.2, 0.25) is 5.02 Å². The molecule has 102 valence electrons. The highest BCUT2D eigenvalue weighted by Crippen LogP contribution is 2.49. The lowest BCUT2D eigenvalue weighted by molar-refractivity contribution is -0.0727. The Bertz CT molecular complexity index is 620. The number of fused-ring (bicyclic) bond motifs is 1. The molecule has 0 bridgehead atoms. The summed E-state index contributed by atoms with van der Waals surface area (Å²) < 4.78 is 5.88. The van der Waals surface area contributed by atoms with Gasteiger partial charge in [0, 0.05) is 21.6 Å². The zero-order chi connectivity index (χ0) is 13.7. The molecule has 19 heavy (non-hydrogen) atoms. The molecule has 1 unspecified atom stereocenters. The number of rotatable bonds is 1. The Morgan fingerprint density at radius 2 is 2.11 bits per heavy atom. The molecule has 2 heterocycles. The van der Waals surface area contributed by atoms with Gasteiger partial charge < -0.3 is 9.52 Å². The highest BCUT2D eigenvalue weighted by Gasteiger charge is 2.49. The van der Waals surface area contributed by atoms with E-state index in [2.05, 4.69) is 13.8 Å². The maximum Gasteiger partial charge on any atom is 0.138 e. The molecule has 3 rings (SSSR count). The molecular formula is C15H17ClO2S. The van der Waals surface area contributed by atoms with E-state index in [0.717, 1.165) is 23.1 Å². The van der Waals surface area contributed by atoms with Crippen LogP contribution in [-0.2, 0) is 5.60 Å². The minimum atomic E-state index is -0.915. The normalized spacial score (nSPS) is 26.7. The molecular weight excluding hydrogens is 280 g/mol. The Balaban J connectivity index is 2.12. The van der Waals surface area contributed by atoms with Gasteiger partial charge >= 0.3 is 0 Å². The first-order valence-corrected chi connectivity index (χ1v) is 7.95. The lowest BCUT2D eigenvalue weighted by atomic mass is 9.72. The minimum absolute atomic E-state index is 0.185. The van der Waals surface area contributed by atoms with Gasteiger partial charge in [0.25, 0.3) is 0 Å². The van der Waals surface area contributed by atoms with Gasteiger partial charge in [-0.3, -0.25) is 0 Å². The average molecular weight is 297 g/mol. The van der Waals surface area contributed by atoms with Gasteiger partial charge in [-0.15, -0.1) is 0 Å². The van der Waals surface area contributed by atoms with Crippen molar-refractivity contribution in [2.45, 2.75) is 25.9 Å². The van der Waals surface area contributed by atoms with Gasteiger partial charge in [-0.25, -0.2) is 0 Å². The molecule has 1 N–H and O–H groups in total. The number of hydrogen-bond acceptors (Lipinski definition) is 3. The van der Waals surface area contributed by atoms with Crippen LogP contribution >= 0.6 is 23.4 Å². The molecule has 1 aliphatic rings. The fourth-order valence-corrected chi connectivity index (χ4v) is 4.38. The fraction of sp³-hybridized carbons (Fsp3) is 0.467. The molecule has 0 spiro atoms. The third-order valence-corrected chi connectivity index (χ3v) is 5.54. The van der Waals surface area contributed by atoms with Crippen molar-refractivity contribution in [2.24, 2.45) is 5.41 Å². The Hall–Kier alpha value is -0.640. The van der Waals surface area contributed by atoms with Crippen LogP contribution in [0.4, 0.5) is 0 Å². The van der Waals surface area contributed by atoms with Crippen LogP contribution in [0.15, 0.2) is 28.7 Å². The Labute approximate surface area is 122 Å². The van der Waals surface area contributed by atoms with Crippen molar-refractivity contribution < 1.29 is 9.52 Å². The number of hydrogen-bond donors (Lipinski definition) is 1. The van der Waals surface area contributed by atoms with Crippen molar-refractivity contribution in [1.82, 2.24) is 0 Å². The zero-order valence-electron chi connectivity index (χ0n) is 11.1. The molecule has 4 heteroatoms.